The summed E-state index contributed by atoms with van der Waals surface area (Å²) in [7, 11) is 1.65. The van der Waals surface area contributed by atoms with Crippen molar-refractivity contribution in [2.24, 2.45) is 0 Å². The van der Waals surface area contributed by atoms with Gasteiger partial charge in [0.15, 0.2) is 0 Å². The summed E-state index contributed by atoms with van der Waals surface area (Å²) in [4.78, 5) is 13.8. The summed E-state index contributed by atoms with van der Waals surface area (Å²) in [5.74, 6) is 2.24. The van der Waals surface area contributed by atoms with Crippen molar-refractivity contribution in [2.45, 2.75) is 24.0 Å². The Morgan fingerprint density at radius 2 is 1.77 bits per heavy atom. The predicted molar refractivity (Wildman–Crippen MR) is 128 cm³/mol. The highest BCUT2D eigenvalue weighted by Gasteiger charge is 2.11. The van der Waals surface area contributed by atoms with Gasteiger partial charge in [-0.3, -0.25) is 4.79 Å². The molecule has 1 amide bonds. The summed E-state index contributed by atoms with van der Waals surface area (Å²) >= 11 is 7.65. The lowest BCUT2D eigenvalue weighted by atomic mass is 10.1. The summed E-state index contributed by atoms with van der Waals surface area (Å²) in [5, 5.41) is 3.72. The van der Waals surface area contributed by atoms with Gasteiger partial charge in [-0.05, 0) is 73.5 Å². The maximum atomic E-state index is 12.7. The van der Waals surface area contributed by atoms with E-state index in [-0.39, 0.29) is 5.91 Å². The number of thioether (sulfide) groups is 1. The Labute approximate surface area is 192 Å². The van der Waals surface area contributed by atoms with Gasteiger partial charge in [-0.15, -0.1) is 11.8 Å². The Balaban J connectivity index is 1.61. The lowest BCUT2D eigenvalue weighted by Crippen LogP contribution is -2.25. The van der Waals surface area contributed by atoms with E-state index in [1.165, 1.54) is 0 Å². The third kappa shape index (κ3) is 6.94. The maximum Gasteiger partial charge on any atom is 0.251 e. The van der Waals surface area contributed by atoms with E-state index in [4.69, 9.17) is 21.1 Å². The van der Waals surface area contributed by atoms with Crippen LogP contribution in [-0.4, -0.2) is 26.2 Å². The first-order chi connectivity index (χ1) is 15.1. The van der Waals surface area contributed by atoms with E-state index in [1.807, 2.05) is 73.7 Å². The molecule has 3 aromatic carbocycles. The predicted octanol–water partition coefficient (Wildman–Crippen LogP) is 6.01. The molecule has 3 aromatic rings. The molecule has 0 atom stereocenters. The maximum absolute atomic E-state index is 12.7. The van der Waals surface area contributed by atoms with Gasteiger partial charge >= 0.3 is 0 Å². The zero-order valence-corrected chi connectivity index (χ0v) is 19.3. The van der Waals surface area contributed by atoms with Crippen LogP contribution in [0.3, 0.4) is 0 Å². The largest absolute Gasteiger partial charge is 0.497 e. The van der Waals surface area contributed by atoms with Gasteiger partial charge in [0.25, 0.3) is 5.91 Å². The fourth-order valence-corrected chi connectivity index (χ4v) is 4.04. The molecule has 4 nitrogen and oxygen atoms in total. The Morgan fingerprint density at radius 3 is 2.45 bits per heavy atom. The van der Waals surface area contributed by atoms with Gasteiger partial charge in [0.05, 0.1) is 13.7 Å². The molecule has 0 aromatic heterocycles. The third-order valence-electron chi connectivity index (χ3n) is 4.69. The first-order valence-corrected chi connectivity index (χ1v) is 11.5. The number of halogens is 1. The van der Waals surface area contributed by atoms with Gasteiger partial charge in [0, 0.05) is 33.3 Å². The van der Waals surface area contributed by atoms with Crippen LogP contribution in [0, 0.1) is 0 Å². The van der Waals surface area contributed by atoms with Crippen LogP contribution in [0.4, 0.5) is 0 Å². The summed E-state index contributed by atoms with van der Waals surface area (Å²) in [6, 6.07) is 21.2. The number of ether oxygens (including phenoxy) is 2. The van der Waals surface area contributed by atoms with Crippen molar-refractivity contribution >= 4 is 29.3 Å². The van der Waals surface area contributed by atoms with Crippen LogP contribution in [0.25, 0.3) is 0 Å². The van der Waals surface area contributed by atoms with E-state index < -0.39 is 0 Å². The summed E-state index contributed by atoms with van der Waals surface area (Å²) in [6.07, 6.45) is 0.756. The quantitative estimate of drug-likeness (QED) is 0.380. The van der Waals surface area contributed by atoms with Gasteiger partial charge in [-0.25, -0.2) is 0 Å². The van der Waals surface area contributed by atoms with Crippen molar-refractivity contribution < 1.29 is 14.3 Å². The number of hydrogen-bond acceptors (Lipinski definition) is 4. The van der Waals surface area contributed by atoms with E-state index in [0.29, 0.717) is 29.5 Å². The zero-order valence-electron chi connectivity index (χ0n) is 17.7. The Hall–Kier alpha value is -2.63. The lowest BCUT2D eigenvalue weighted by Gasteiger charge is -2.13. The van der Waals surface area contributed by atoms with Gasteiger partial charge in [0.2, 0.25) is 0 Å². The second-order valence-electron chi connectivity index (χ2n) is 6.85. The second kappa shape index (κ2) is 11.7. The van der Waals surface area contributed by atoms with Crippen molar-refractivity contribution in [3.05, 3.63) is 88.4 Å². The van der Waals surface area contributed by atoms with Crippen LogP contribution in [0.15, 0.2) is 71.6 Å². The normalized spacial score (nSPS) is 10.5. The molecule has 3 rings (SSSR count). The molecule has 162 valence electrons. The highest BCUT2D eigenvalue weighted by atomic mass is 35.5. The molecule has 0 heterocycles. The number of rotatable bonds is 10. The first-order valence-electron chi connectivity index (χ1n) is 10.1. The molecule has 0 radical (unpaired) electrons. The monoisotopic (exact) mass is 455 g/mol. The molecule has 1 N–H and O–H groups in total. The van der Waals surface area contributed by atoms with Gasteiger partial charge in [0.1, 0.15) is 11.5 Å². The smallest absolute Gasteiger partial charge is 0.251 e. The summed E-state index contributed by atoms with van der Waals surface area (Å²) < 4.78 is 10.9. The molecule has 0 saturated heterocycles. The van der Waals surface area contributed by atoms with Crippen LogP contribution in [0.2, 0.25) is 5.02 Å². The van der Waals surface area contributed by atoms with E-state index >= 15 is 0 Å². The standard InChI is InChI=1S/C25H26ClNO3S/c1-3-30-24-13-6-19(16-20(24)17-31-23-11-7-21(26)8-12-23)25(28)27-15-14-18-4-9-22(29-2)10-5-18/h4-13,16H,3,14-15,17H2,1-2H3,(H,27,28). The number of carbonyl (C=O) groups excluding carboxylic acids is 1. The molecule has 0 aliphatic heterocycles. The molecule has 0 aliphatic carbocycles. The summed E-state index contributed by atoms with van der Waals surface area (Å²) in [5.41, 5.74) is 2.77. The average molecular weight is 456 g/mol. The Bertz CT molecular complexity index is 991. The van der Waals surface area contributed by atoms with Crippen LogP contribution in [0.1, 0.15) is 28.4 Å². The molecule has 6 heteroatoms. The number of methoxy groups -OCH3 is 1. The van der Waals surface area contributed by atoms with E-state index in [1.54, 1.807) is 18.9 Å². The minimum Gasteiger partial charge on any atom is -0.497 e. The minimum absolute atomic E-state index is 0.0886. The highest BCUT2D eigenvalue weighted by Crippen LogP contribution is 2.29. The Morgan fingerprint density at radius 1 is 1.03 bits per heavy atom. The number of carbonyl (C=O) groups is 1. The van der Waals surface area contributed by atoms with Crippen molar-refractivity contribution in [1.29, 1.82) is 0 Å². The molecule has 0 spiro atoms. The van der Waals surface area contributed by atoms with Crippen LogP contribution < -0.4 is 14.8 Å². The molecule has 0 unspecified atom stereocenters. The van der Waals surface area contributed by atoms with E-state index in [0.717, 1.165) is 33.9 Å². The van der Waals surface area contributed by atoms with Crippen LogP contribution in [0.5, 0.6) is 11.5 Å². The van der Waals surface area contributed by atoms with Crippen molar-refractivity contribution in [2.75, 3.05) is 20.3 Å². The van der Waals surface area contributed by atoms with Gasteiger partial charge in [-0.2, -0.15) is 0 Å². The van der Waals surface area contributed by atoms with Crippen molar-refractivity contribution in [3.63, 3.8) is 0 Å². The number of nitrogens with one attached hydrogen (secondary N) is 1. The lowest BCUT2D eigenvalue weighted by molar-refractivity contribution is 0.0954. The number of benzene rings is 3. The fourth-order valence-electron chi connectivity index (χ4n) is 3.04. The minimum atomic E-state index is -0.0886. The van der Waals surface area contributed by atoms with Crippen LogP contribution in [-0.2, 0) is 12.2 Å². The Kier molecular flexibility index (Phi) is 8.68. The summed E-state index contributed by atoms with van der Waals surface area (Å²) in [6.45, 7) is 3.09. The zero-order chi connectivity index (χ0) is 22.1. The topological polar surface area (TPSA) is 47.6 Å². The van der Waals surface area contributed by atoms with Crippen LogP contribution >= 0.6 is 23.4 Å². The van der Waals surface area contributed by atoms with Crippen molar-refractivity contribution in [3.8, 4) is 11.5 Å². The fraction of sp³-hybridized carbons (Fsp3) is 0.240. The molecule has 0 bridgehead atoms. The first kappa shape index (κ1) is 23.0. The number of amides is 1. The van der Waals surface area contributed by atoms with Crippen molar-refractivity contribution in [1.82, 2.24) is 5.32 Å². The van der Waals surface area contributed by atoms with E-state index in [9.17, 15) is 4.79 Å². The molecular formula is C25H26ClNO3S. The third-order valence-corrected chi connectivity index (χ3v) is 6.00. The molecule has 31 heavy (non-hydrogen) atoms. The average Bonchev–Trinajstić information content (AvgIpc) is 2.80. The highest BCUT2D eigenvalue weighted by molar-refractivity contribution is 7.98. The molecule has 0 fully saturated rings. The molecule has 0 saturated carbocycles. The molecule has 0 aliphatic rings. The molecular weight excluding hydrogens is 430 g/mol. The van der Waals surface area contributed by atoms with Gasteiger partial charge in [-0.1, -0.05) is 23.7 Å². The number of hydrogen-bond donors (Lipinski definition) is 1. The second-order valence-corrected chi connectivity index (χ2v) is 8.34. The van der Waals surface area contributed by atoms with Gasteiger partial charge < -0.3 is 14.8 Å². The van der Waals surface area contributed by atoms with E-state index in [2.05, 4.69) is 5.32 Å². The SMILES string of the molecule is CCOc1ccc(C(=O)NCCc2ccc(OC)cc2)cc1CSc1ccc(Cl)cc1.